The predicted molar refractivity (Wildman–Crippen MR) is 503 cm³/mol. The molecule has 0 amide bonds. The first-order valence-electron chi connectivity index (χ1n) is 45.9. The fourth-order valence-corrected chi connectivity index (χ4v) is 13.7. The molecule has 11 nitrogen and oxygen atoms in total. The molecule has 0 saturated heterocycles. The summed E-state index contributed by atoms with van der Waals surface area (Å²) in [5.74, 6) is 4.63. The normalized spacial score (nSPS) is 13.5. The van der Waals surface area contributed by atoms with Gasteiger partial charge in [-0.2, -0.15) is 57.9 Å². The molecule has 0 aliphatic heterocycles. The van der Waals surface area contributed by atoms with Gasteiger partial charge in [-0.15, -0.1) is 0 Å². The average Bonchev–Trinajstić information content (AvgIpc) is 1.66. The second kappa shape index (κ2) is 52.3. The van der Waals surface area contributed by atoms with E-state index in [1.165, 1.54) is 37.7 Å². The van der Waals surface area contributed by atoms with Crippen LogP contribution < -0.4 is 4.74 Å². The maximum absolute atomic E-state index is 13.4. The number of nitriles is 1. The highest BCUT2D eigenvalue weighted by molar-refractivity contribution is 5.48. The van der Waals surface area contributed by atoms with Gasteiger partial charge in [0.15, 0.2) is 0 Å². The van der Waals surface area contributed by atoms with Crippen LogP contribution in [0.3, 0.4) is 0 Å². The summed E-state index contributed by atoms with van der Waals surface area (Å²) in [6, 6.07) is 15.6. The van der Waals surface area contributed by atoms with Gasteiger partial charge in [0.05, 0.1) is 46.4 Å². The molecular formula is C105H151F15N10O. The van der Waals surface area contributed by atoms with Crippen molar-refractivity contribution in [1.29, 1.82) is 5.26 Å². The van der Waals surface area contributed by atoms with E-state index in [0.717, 1.165) is 103 Å². The van der Waals surface area contributed by atoms with Crippen LogP contribution in [0.15, 0.2) is 79.6 Å². The molecule has 0 spiro atoms. The van der Waals surface area contributed by atoms with E-state index in [9.17, 15) is 71.1 Å². The maximum Gasteiger partial charge on any atom is 0.433 e. The summed E-state index contributed by atoms with van der Waals surface area (Å²) < 4.78 is 197. The van der Waals surface area contributed by atoms with Crippen LogP contribution in [0.25, 0.3) is 0 Å². The number of pyridine rings is 7. The molecule has 0 aromatic carbocycles. The van der Waals surface area contributed by atoms with Gasteiger partial charge in [-0.25, -0.2) is 23.1 Å². The van der Waals surface area contributed by atoms with E-state index in [1.54, 1.807) is 71.4 Å². The highest BCUT2D eigenvalue weighted by atomic mass is 19.4. The van der Waals surface area contributed by atoms with E-state index in [-0.39, 0.29) is 83.2 Å². The summed E-state index contributed by atoms with van der Waals surface area (Å²) in [5.41, 5.74) is 14.5. The van der Waals surface area contributed by atoms with Crippen LogP contribution in [0.5, 0.6) is 5.75 Å². The molecule has 0 radical (unpaired) electrons. The largest absolute Gasteiger partial charge is 0.459 e. The zero-order chi connectivity index (χ0) is 99.8. The molecule has 131 heavy (non-hydrogen) atoms. The smallest absolute Gasteiger partial charge is 0.433 e. The predicted octanol–water partition coefficient (Wildman–Crippen LogP) is 34.6. The van der Waals surface area contributed by atoms with Crippen molar-refractivity contribution in [1.82, 2.24) is 44.9 Å². The third-order valence-corrected chi connectivity index (χ3v) is 21.7. The number of aromatic nitrogens is 9. The van der Waals surface area contributed by atoms with Crippen molar-refractivity contribution >= 4 is 0 Å². The Kier molecular flexibility index (Phi) is 47.3. The maximum atomic E-state index is 13.4. The first kappa shape index (κ1) is 118. The molecule has 0 N–H and O–H groups in total. The van der Waals surface area contributed by atoms with E-state index in [1.807, 2.05) is 101 Å². The Labute approximate surface area is 774 Å². The van der Waals surface area contributed by atoms with E-state index < -0.39 is 67.2 Å². The van der Waals surface area contributed by atoms with Gasteiger partial charge in [-0.05, 0) is 202 Å². The standard InChI is InChI=1S/C15H20F3N.C15H20N2.C13H18F3N.C13H20FNO.C13H20FN.C12H16F3N.C12H18FN.C11H15F3N2.CH4/c1-8(2)11-7-12(9(3)4)19-14(10-5-6-10)13(11)15(16,17)18;1-9(2)12-7-14(10(3)4)17-15(11-5-6-11)13(12)8-16;1-8(2)11-5-12(9(3)4)17-7-10(11)6-13(14,15)16;1-8(2)11-6-12(9(3)4)15-7-13(11)16-10(5)14;1-8(2)11-6-13(9(3)4)15-7-12(11)10(5)14;1-7(2)9-5-10(8(3)4)11(16-6-9)12(13,14)15;1-8(2)11-5-12(9(3)4)14-7-10(11)6-13;1-6(2)9-8(11(12,13)14)5-15-10(16-9)7(3)4;/h7-10H,5-6H2,1-4H3;7,9-11H,5-6H2,1-4H3;5,7-9H,6H2,1-4H3;6-10H,1-5H3;6-10H,1-5H3;5-8H,1-4H3;5,7-9H,6H2,1-4H3;5-7H,1-4H3;1H4. The molecular weight excluding hydrogens is 1700 g/mol. The van der Waals surface area contributed by atoms with Crippen molar-refractivity contribution in [2.45, 2.75) is 425 Å². The summed E-state index contributed by atoms with van der Waals surface area (Å²) in [4.78, 5) is 37.3. The Hall–Kier alpha value is -8.63. The number of rotatable bonds is 23. The minimum Gasteiger partial charge on any atom is -0.459 e. The molecule has 8 aromatic heterocycles. The molecule has 732 valence electrons. The van der Waals surface area contributed by atoms with Crippen LogP contribution in [0.1, 0.15) is 522 Å². The van der Waals surface area contributed by atoms with E-state index in [2.05, 4.69) is 163 Å². The summed E-state index contributed by atoms with van der Waals surface area (Å²) in [5, 5.41) is 9.36. The molecule has 2 aliphatic carbocycles. The second-order valence-electron chi connectivity index (χ2n) is 38.9. The monoisotopic (exact) mass is 1850 g/mol. The third-order valence-electron chi connectivity index (χ3n) is 21.7. The molecule has 2 atom stereocenters. The second-order valence-corrected chi connectivity index (χ2v) is 38.9. The summed E-state index contributed by atoms with van der Waals surface area (Å²) in [7, 11) is 0. The Morgan fingerprint density at radius 3 is 1.08 bits per heavy atom. The van der Waals surface area contributed by atoms with Crippen LogP contribution in [-0.2, 0) is 31.6 Å². The first-order valence-corrected chi connectivity index (χ1v) is 45.9. The van der Waals surface area contributed by atoms with Gasteiger partial charge in [-0.1, -0.05) is 235 Å². The topological polar surface area (TPSA) is 149 Å². The van der Waals surface area contributed by atoms with Crippen LogP contribution in [-0.4, -0.2) is 57.4 Å². The van der Waals surface area contributed by atoms with Crippen molar-refractivity contribution in [2.24, 2.45) is 0 Å². The molecule has 2 fully saturated rings. The van der Waals surface area contributed by atoms with Gasteiger partial charge in [0, 0.05) is 107 Å². The molecule has 10 rings (SSSR count). The zero-order valence-electron chi connectivity index (χ0n) is 83.3. The molecule has 26 heteroatoms. The number of halogens is 15. The summed E-state index contributed by atoms with van der Waals surface area (Å²) >= 11 is 0. The van der Waals surface area contributed by atoms with Crippen LogP contribution >= 0.6 is 0 Å². The lowest BCUT2D eigenvalue weighted by Gasteiger charge is -2.21. The van der Waals surface area contributed by atoms with Crippen molar-refractivity contribution in [3.8, 4) is 11.8 Å². The molecule has 0 bridgehead atoms. The molecule has 2 aliphatic rings. The first-order chi connectivity index (χ1) is 59.8. The van der Waals surface area contributed by atoms with Crippen molar-refractivity contribution < 1.29 is 70.6 Å². The summed E-state index contributed by atoms with van der Waals surface area (Å²) in [6.07, 6.45) is -7.75. The Bertz CT molecular complexity index is 4720. The Morgan fingerprint density at radius 1 is 0.351 bits per heavy atom. The van der Waals surface area contributed by atoms with Crippen molar-refractivity contribution in [3.63, 3.8) is 0 Å². The van der Waals surface area contributed by atoms with Crippen LogP contribution in [0, 0.1) is 11.3 Å². The number of nitrogens with zero attached hydrogens (tertiary/aromatic N) is 10. The van der Waals surface area contributed by atoms with Gasteiger partial charge >= 0.3 is 24.7 Å². The van der Waals surface area contributed by atoms with Crippen LogP contribution in [0.4, 0.5) is 65.9 Å². The van der Waals surface area contributed by atoms with Gasteiger partial charge in [0.1, 0.15) is 36.2 Å². The van der Waals surface area contributed by atoms with E-state index in [4.69, 9.17) is 9.72 Å². The minimum atomic E-state index is -4.38. The fourth-order valence-electron chi connectivity index (χ4n) is 13.7. The Morgan fingerprint density at radius 2 is 0.733 bits per heavy atom. The molecule has 2 saturated carbocycles. The highest BCUT2D eigenvalue weighted by Crippen LogP contribution is 2.49. The lowest BCUT2D eigenvalue weighted by molar-refractivity contribution is -0.142. The molecule has 2 unspecified atom stereocenters. The fraction of sp³-hybridized carbons (Fsp3) is 0.619. The lowest BCUT2D eigenvalue weighted by Crippen LogP contribution is -2.17. The number of ether oxygens (including phenoxy) is 1. The number of hydrogen-bond acceptors (Lipinski definition) is 11. The average molecular weight is 1850 g/mol. The Balaban J connectivity index is 0.000000507. The summed E-state index contributed by atoms with van der Waals surface area (Å²) in [6.45, 7) is 66.0. The third kappa shape index (κ3) is 37.6. The number of hydrogen-bond donors (Lipinski definition) is 0. The number of alkyl halides is 15. The molecule has 8 aromatic rings. The van der Waals surface area contributed by atoms with Gasteiger partial charge in [-0.3, -0.25) is 34.9 Å². The van der Waals surface area contributed by atoms with Crippen molar-refractivity contribution in [3.05, 3.63) is 220 Å². The van der Waals surface area contributed by atoms with Gasteiger partial charge < -0.3 is 4.74 Å². The highest BCUT2D eigenvalue weighted by Gasteiger charge is 2.43. The van der Waals surface area contributed by atoms with E-state index >= 15 is 0 Å². The van der Waals surface area contributed by atoms with Gasteiger partial charge in [0.25, 0.3) is 0 Å². The zero-order valence-corrected chi connectivity index (χ0v) is 83.3. The minimum absolute atomic E-state index is 0. The quantitative estimate of drug-likeness (QED) is 0.0563. The lowest BCUT2D eigenvalue weighted by atomic mass is 9.92. The van der Waals surface area contributed by atoms with Crippen LogP contribution in [0.2, 0.25) is 0 Å². The molecule has 8 heterocycles. The van der Waals surface area contributed by atoms with Gasteiger partial charge in [0.2, 0.25) is 6.36 Å². The van der Waals surface area contributed by atoms with E-state index in [0.29, 0.717) is 70.4 Å². The SMILES string of the molecule is C.CC(C)c1cc(C(C)C)c(C#N)c(C2CC2)n1.CC(C)c1cc(C(C)C)c(C(C)F)cn1.CC(C)c1cc(C(C)C)c(C(F)(F)F)c(C2CC2)n1.CC(C)c1cc(C(C)C)c(CC(F)(F)F)cn1.CC(C)c1cc(C(C)C)c(CF)cn1.CC(C)c1cnc(C(F)(F)F)c(C(C)C)c1.CC(C)c1ncc(C(F)(F)F)c(C(C)C)n1.CC(F)Oc1cnc(C(C)C)cc1C(C)C. The van der Waals surface area contributed by atoms with Crippen molar-refractivity contribution in [2.75, 3.05) is 0 Å².